The number of nitrogens with zero attached hydrogens (tertiary/aromatic N) is 2. The molecular formula is C31H33Br2N5O10. The lowest BCUT2D eigenvalue weighted by molar-refractivity contribution is -0.384. The van der Waals surface area contributed by atoms with Crippen molar-refractivity contribution in [1.29, 1.82) is 0 Å². The lowest BCUT2D eigenvalue weighted by Crippen LogP contribution is -2.51. The molecule has 1 aliphatic heterocycles. The summed E-state index contributed by atoms with van der Waals surface area (Å²) in [7, 11) is 0. The number of rotatable bonds is 16. The molecule has 17 heteroatoms. The van der Waals surface area contributed by atoms with E-state index in [1.807, 2.05) is 0 Å². The molecule has 0 saturated carbocycles. The molecule has 0 aromatic heterocycles. The molecule has 2 aromatic rings. The fraction of sp³-hybridized carbons (Fsp3) is 0.355. The zero-order chi connectivity index (χ0) is 35.4. The van der Waals surface area contributed by atoms with E-state index in [1.165, 1.54) is 24.3 Å². The minimum atomic E-state index is -1.00. The first-order chi connectivity index (χ1) is 22.8. The van der Waals surface area contributed by atoms with Crippen molar-refractivity contribution in [3.8, 4) is 5.75 Å². The number of ether oxygens (including phenoxy) is 2. The van der Waals surface area contributed by atoms with Crippen LogP contribution in [0.2, 0.25) is 0 Å². The molecule has 1 unspecified atom stereocenters. The zero-order valence-corrected chi connectivity index (χ0v) is 29.1. The molecule has 3 N–H and O–H groups in total. The minimum Gasteiger partial charge on any atom is -0.429 e. The van der Waals surface area contributed by atoms with Crippen LogP contribution in [0.1, 0.15) is 45.1 Å². The Morgan fingerprint density at radius 3 is 2.10 bits per heavy atom. The number of carbonyl (C=O) groups excluding carboxylic acids is 6. The van der Waals surface area contributed by atoms with E-state index in [-0.39, 0.29) is 58.3 Å². The van der Waals surface area contributed by atoms with Crippen molar-refractivity contribution in [3.63, 3.8) is 0 Å². The van der Waals surface area contributed by atoms with Crippen LogP contribution in [0.3, 0.4) is 0 Å². The molecule has 0 radical (unpaired) electrons. The van der Waals surface area contributed by atoms with E-state index < -0.39 is 40.7 Å². The van der Waals surface area contributed by atoms with E-state index in [1.54, 1.807) is 38.1 Å². The summed E-state index contributed by atoms with van der Waals surface area (Å²) in [5.41, 5.74) is 0.868. The van der Waals surface area contributed by atoms with Crippen LogP contribution in [0.15, 0.2) is 57.5 Å². The molecule has 0 aliphatic carbocycles. The molecule has 5 amide bonds. The number of benzene rings is 2. The third-order valence-electron chi connectivity index (χ3n) is 6.88. The van der Waals surface area contributed by atoms with Crippen molar-refractivity contribution in [2.24, 2.45) is 5.92 Å². The SMILES string of the molecule is CC(C)C(NC(=O)CCCCCN1C(=O)C(Br)=C(Br)C1=O)C(=O)NCC(=O)Nc1ccc(COC(=O)Oc2ccc([N+](=O)[O-])cc2)cc1. The Morgan fingerprint density at radius 1 is 0.896 bits per heavy atom. The molecule has 1 aliphatic rings. The lowest BCUT2D eigenvalue weighted by Gasteiger charge is -2.21. The number of halogens is 2. The van der Waals surface area contributed by atoms with Gasteiger partial charge in [0.1, 0.15) is 27.4 Å². The van der Waals surface area contributed by atoms with Gasteiger partial charge in [-0.25, -0.2) is 4.79 Å². The van der Waals surface area contributed by atoms with Crippen molar-refractivity contribution < 1.29 is 43.2 Å². The minimum absolute atomic E-state index is 0.0818. The Bertz CT molecular complexity index is 1550. The van der Waals surface area contributed by atoms with Crippen molar-refractivity contribution in [2.45, 2.75) is 52.2 Å². The van der Waals surface area contributed by atoms with Gasteiger partial charge in [0, 0.05) is 30.8 Å². The van der Waals surface area contributed by atoms with Gasteiger partial charge in [-0.1, -0.05) is 32.4 Å². The highest BCUT2D eigenvalue weighted by Gasteiger charge is 2.35. The second kappa shape index (κ2) is 18.1. The van der Waals surface area contributed by atoms with Gasteiger partial charge in [0.25, 0.3) is 17.5 Å². The van der Waals surface area contributed by atoms with Gasteiger partial charge in [0.2, 0.25) is 17.7 Å². The van der Waals surface area contributed by atoms with Crippen molar-refractivity contribution in [3.05, 3.63) is 73.2 Å². The van der Waals surface area contributed by atoms with E-state index in [4.69, 9.17) is 9.47 Å². The van der Waals surface area contributed by atoms with Crippen LogP contribution in [0.4, 0.5) is 16.2 Å². The highest BCUT2D eigenvalue weighted by atomic mass is 79.9. The topological polar surface area (TPSA) is 203 Å². The predicted molar refractivity (Wildman–Crippen MR) is 179 cm³/mol. The first-order valence-corrected chi connectivity index (χ1v) is 16.3. The number of hydrogen-bond donors (Lipinski definition) is 3. The predicted octanol–water partition coefficient (Wildman–Crippen LogP) is 4.44. The Balaban J connectivity index is 1.34. The zero-order valence-electron chi connectivity index (χ0n) is 26.0. The highest BCUT2D eigenvalue weighted by Crippen LogP contribution is 2.29. The third-order valence-corrected chi connectivity index (χ3v) is 8.88. The fourth-order valence-corrected chi connectivity index (χ4v) is 5.07. The lowest BCUT2D eigenvalue weighted by atomic mass is 10.0. The van der Waals surface area contributed by atoms with Crippen molar-refractivity contribution in [1.82, 2.24) is 15.5 Å². The highest BCUT2D eigenvalue weighted by molar-refractivity contribution is 9.14. The third kappa shape index (κ3) is 11.3. The Hall–Kier alpha value is -4.64. The van der Waals surface area contributed by atoms with Gasteiger partial charge in [-0.15, -0.1) is 0 Å². The summed E-state index contributed by atoms with van der Waals surface area (Å²) >= 11 is 6.16. The standard InChI is InChI=1S/C31H33Br2N5O10/c1-18(2)27(36-23(39)6-4-3-5-15-37-29(42)25(32)26(33)30(37)43)28(41)34-16-24(40)35-20-9-7-19(8-10-20)17-47-31(44)48-22-13-11-21(12-14-22)38(45)46/h7-14,18,27H,3-6,15-17H2,1-2H3,(H,34,41)(H,35,40)(H,36,39). The molecular weight excluding hydrogens is 762 g/mol. The van der Waals surface area contributed by atoms with Gasteiger partial charge in [0.15, 0.2) is 0 Å². The smallest absolute Gasteiger partial charge is 0.429 e. The average molecular weight is 795 g/mol. The maximum atomic E-state index is 12.8. The molecule has 48 heavy (non-hydrogen) atoms. The second-order valence-electron chi connectivity index (χ2n) is 10.8. The molecule has 0 spiro atoms. The molecule has 256 valence electrons. The van der Waals surface area contributed by atoms with Crippen molar-refractivity contribution >= 4 is 78.9 Å². The van der Waals surface area contributed by atoms with Gasteiger partial charge in [-0.3, -0.25) is 39.0 Å². The molecule has 0 bridgehead atoms. The molecule has 2 aromatic carbocycles. The average Bonchev–Trinajstić information content (AvgIpc) is 3.23. The van der Waals surface area contributed by atoms with Gasteiger partial charge in [-0.05, 0) is 80.4 Å². The normalized spacial score (nSPS) is 13.3. The van der Waals surface area contributed by atoms with Crippen LogP contribution in [-0.2, 0) is 35.3 Å². The van der Waals surface area contributed by atoms with Crippen LogP contribution in [0.25, 0.3) is 0 Å². The largest absolute Gasteiger partial charge is 0.514 e. The van der Waals surface area contributed by atoms with Gasteiger partial charge in [-0.2, -0.15) is 0 Å². The first kappa shape index (κ1) is 37.8. The molecule has 0 fully saturated rings. The van der Waals surface area contributed by atoms with Crippen molar-refractivity contribution in [2.75, 3.05) is 18.4 Å². The number of carbonyl (C=O) groups is 6. The monoisotopic (exact) mass is 793 g/mol. The number of anilines is 1. The Kier molecular flexibility index (Phi) is 14.2. The molecule has 1 heterocycles. The Labute approximate surface area is 292 Å². The van der Waals surface area contributed by atoms with Crippen LogP contribution >= 0.6 is 31.9 Å². The number of hydrogen-bond acceptors (Lipinski definition) is 10. The second-order valence-corrected chi connectivity index (χ2v) is 12.4. The number of amides is 5. The number of imide groups is 1. The molecule has 0 saturated heterocycles. The molecule has 3 rings (SSSR count). The Morgan fingerprint density at radius 2 is 1.52 bits per heavy atom. The van der Waals surface area contributed by atoms with Crippen LogP contribution in [-0.4, -0.2) is 64.6 Å². The van der Waals surface area contributed by atoms with Gasteiger partial charge in [0.05, 0.1) is 11.5 Å². The van der Waals surface area contributed by atoms with Gasteiger partial charge < -0.3 is 25.4 Å². The van der Waals surface area contributed by atoms with Gasteiger partial charge >= 0.3 is 6.16 Å². The van der Waals surface area contributed by atoms with E-state index in [2.05, 4.69) is 47.8 Å². The quantitative estimate of drug-likeness (QED) is 0.0545. The summed E-state index contributed by atoms with van der Waals surface area (Å²) < 4.78 is 10.4. The maximum Gasteiger partial charge on any atom is 0.514 e. The van der Waals surface area contributed by atoms with E-state index in [0.717, 1.165) is 4.90 Å². The van der Waals surface area contributed by atoms with E-state index >= 15 is 0 Å². The van der Waals surface area contributed by atoms with E-state index in [0.29, 0.717) is 30.5 Å². The number of non-ortho nitro benzene ring substituents is 1. The molecule has 1 atom stereocenters. The number of unbranched alkanes of at least 4 members (excludes halogenated alkanes) is 2. The van der Waals surface area contributed by atoms with Crippen LogP contribution < -0.4 is 20.7 Å². The summed E-state index contributed by atoms with van der Waals surface area (Å²) in [6.07, 6.45) is 0.740. The fourth-order valence-electron chi connectivity index (χ4n) is 4.30. The summed E-state index contributed by atoms with van der Waals surface area (Å²) in [6.45, 7) is 3.28. The van der Waals surface area contributed by atoms with Crippen LogP contribution in [0.5, 0.6) is 5.75 Å². The summed E-state index contributed by atoms with van der Waals surface area (Å²) in [5, 5.41) is 18.6. The maximum absolute atomic E-state index is 12.8. The summed E-state index contributed by atoms with van der Waals surface area (Å²) in [6, 6.07) is 10.4. The summed E-state index contributed by atoms with van der Waals surface area (Å²) in [4.78, 5) is 85.1. The molecule has 15 nitrogen and oxygen atoms in total. The van der Waals surface area contributed by atoms with Crippen LogP contribution in [0, 0.1) is 16.0 Å². The number of nitrogens with one attached hydrogen (secondary N) is 3. The number of nitro groups is 1. The number of nitro benzene ring substituents is 1. The summed E-state index contributed by atoms with van der Waals surface area (Å²) in [5.74, 6) is -2.35. The van der Waals surface area contributed by atoms with E-state index in [9.17, 15) is 38.9 Å². The first-order valence-electron chi connectivity index (χ1n) is 14.7.